The smallest absolute Gasteiger partial charge is 0.307 e. The number of hydrogen-bond acceptors (Lipinski definition) is 2. The lowest BCUT2D eigenvalue weighted by molar-refractivity contribution is -0.136. The summed E-state index contributed by atoms with van der Waals surface area (Å²) in [6, 6.07) is 5.46. The molecule has 1 aromatic carbocycles. The van der Waals surface area contributed by atoms with Crippen LogP contribution in [0.5, 0.6) is 5.75 Å². The molecule has 0 fully saturated rings. The second-order valence-electron chi connectivity index (χ2n) is 2.84. The lowest BCUT2D eigenvalue weighted by Gasteiger charge is -2.09. The number of carboxylic acids is 1. The van der Waals surface area contributed by atoms with Crippen molar-refractivity contribution < 1.29 is 14.6 Å². The van der Waals surface area contributed by atoms with Crippen molar-refractivity contribution in [3.63, 3.8) is 0 Å². The average molecular weight is 385 g/mol. The Morgan fingerprint density at radius 3 is 2.87 bits per heavy atom. The summed E-state index contributed by atoms with van der Waals surface area (Å²) in [6.45, 7) is 0.576. The minimum atomic E-state index is -0.828. The van der Waals surface area contributed by atoms with Crippen LogP contribution in [0.1, 0.15) is 5.56 Å². The maximum atomic E-state index is 10.6. The second-order valence-corrected chi connectivity index (χ2v) is 4.71. The summed E-state index contributed by atoms with van der Waals surface area (Å²) < 4.78 is 6.33. The summed E-state index contributed by atoms with van der Waals surface area (Å²) in [7, 11) is 0. The van der Waals surface area contributed by atoms with Crippen molar-refractivity contribution in [1.29, 1.82) is 0 Å². The van der Waals surface area contributed by atoms with Gasteiger partial charge >= 0.3 is 5.97 Å². The summed E-state index contributed by atoms with van der Waals surface area (Å²) in [5, 5.41) is 9.46. The Hall–Kier alpha value is -0.300. The standard InChI is InChI=1S/C10H10BrIO3/c11-4-5-15-8-3-1-2-7(10(8)12)6-9(13)14/h1-3H,4-6H2,(H,13,14). The molecule has 1 aromatic rings. The molecule has 1 rings (SSSR count). The molecule has 15 heavy (non-hydrogen) atoms. The Bertz CT molecular complexity index is 355. The molecule has 0 radical (unpaired) electrons. The number of ether oxygens (including phenoxy) is 1. The summed E-state index contributed by atoms with van der Waals surface area (Å²) in [5.74, 6) is -0.0839. The molecule has 0 saturated carbocycles. The molecular formula is C10H10BrIO3. The first-order valence-electron chi connectivity index (χ1n) is 4.33. The van der Waals surface area contributed by atoms with Crippen molar-refractivity contribution >= 4 is 44.5 Å². The zero-order chi connectivity index (χ0) is 11.3. The van der Waals surface area contributed by atoms with E-state index < -0.39 is 5.97 Å². The van der Waals surface area contributed by atoms with Gasteiger partial charge in [-0.1, -0.05) is 28.1 Å². The molecule has 0 aliphatic rings. The maximum absolute atomic E-state index is 10.6. The topological polar surface area (TPSA) is 46.5 Å². The van der Waals surface area contributed by atoms with Crippen LogP contribution in [-0.2, 0) is 11.2 Å². The average Bonchev–Trinajstić information content (AvgIpc) is 2.19. The van der Waals surface area contributed by atoms with Gasteiger partial charge in [-0.15, -0.1) is 0 Å². The maximum Gasteiger partial charge on any atom is 0.307 e. The quantitative estimate of drug-likeness (QED) is 0.627. The predicted octanol–water partition coefficient (Wildman–Crippen LogP) is 2.69. The normalized spacial score (nSPS) is 10.0. The van der Waals surface area contributed by atoms with Gasteiger partial charge in [-0.25, -0.2) is 0 Å². The highest BCUT2D eigenvalue weighted by Gasteiger charge is 2.09. The molecule has 0 amide bonds. The fraction of sp³-hybridized carbons (Fsp3) is 0.300. The summed E-state index contributed by atoms with van der Waals surface area (Å²) in [4.78, 5) is 10.6. The Morgan fingerprint density at radius 2 is 2.27 bits per heavy atom. The van der Waals surface area contributed by atoms with E-state index in [4.69, 9.17) is 9.84 Å². The van der Waals surface area contributed by atoms with Gasteiger partial charge in [0.2, 0.25) is 0 Å². The molecule has 0 aliphatic heterocycles. The van der Waals surface area contributed by atoms with Crippen LogP contribution < -0.4 is 4.74 Å². The molecule has 1 N–H and O–H groups in total. The van der Waals surface area contributed by atoms with E-state index in [1.807, 2.05) is 12.1 Å². The number of carbonyl (C=O) groups is 1. The molecule has 0 bridgehead atoms. The van der Waals surface area contributed by atoms with Crippen molar-refractivity contribution in [2.75, 3.05) is 11.9 Å². The number of carboxylic acid groups (broad SMARTS) is 1. The zero-order valence-corrected chi connectivity index (χ0v) is 11.6. The molecule has 0 unspecified atom stereocenters. The van der Waals surface area contributed by atoms with Gasteiger partial charge in [-0.3, -0.25) is 4.79 Å². The number of halogens is 2. The van der Waals surface area contributed by atoms with Crippen LogP contribution in [0, 0.1) is 3.57 Å². The predicted molar refractivity (Wildman–Crippen MR) is 69.8 cm³/mol. The number of rotatable bonds is 5. The minimum absolute atomic E-state index is 0.0315. The number of alkyl halides is 1. The van der Waals surface area contributed by atoms with Crippen LogP contribution in [0.4, 0.5) is 0 Å². The lowest BCUT2D eigenvalue weighted by Crippen LogP contribution is -2.05. The van der Waals surface area contributed by atoms with Crippen molar-refractivity contribution in [2.45, 2.75) is 6.42 Å². The lowest BCUT2D eigenvalue weighted by atomic mass is 10.1. The molecule has 3 nitrogen and oxygen atoms in total. The molecular weight excluding hydrogens is 375 g/mol. The summed E-state index contributed by atoms with van der Waals surface area (Å²) in [6.07, 6.45) is 0.0315. The molecule has 5 heteroatoms. The molecule has 0 aliphatic carbocycles. The molecule has 0 aromatic heterocycles. The Labute approximate surface area is 110 Å². The van der Waals surface area contributed by atoms with Crippen LogP contribution in [0.15, 0.2) is 18.2 Å². The Morgan fingerprint density at radius 1 is 1.53 bits per heavy atom. The Kier molecular flexibility index (Phi) is 5.38. The zero-order valence-electron chi connectivity index (χ0n) is 7.87. The largest absolute Gasteiger partial charge is 0.492 e. The van der Waals surface area contributed by atoms with Gasteiger partial charge in [-0.05, 0) is 34.2 Å². The monoisotopic (exact) mass is 384 g/mol. The van der Waals surface area contributed by atoms with Gasteiger partial charge in [0.1, 0.15) is 5.75 Å². The summed E-state index contributed by atoms with van der Waals surface area (Å²) >= 11 is 5.38. The first-order chi connectivity index (χ1) is 7.15. The van der Waals surface area contributed by atoms with Gasteiger partial charge in [0, 0.05) is 5.33 Å². The van der Waals surface area contributed by atoms with E-state index in [-0.39, 0.29) is 6.42 Å². The van der Waals surface area contributed by atoms with Crippen molar-refractivity contribution in [2.24, 2.45) is 0 Å². The van der Waals surface area contributed by atoms with Gasteiger partial charge in [0.05, 0.1) is 16.6 Å². The molecule has 0 heterocycles. The van der Waals surface area contributed by atoms with E-state index in [1.54, 1.807) is 6.07 Å². The third-order valence-corrected chi connectivity index (χ3v) is 3.27. The van der Waals surface area contributed by atoms with Gasteiger partial charge < -0.3 is 9.84 Å². The number of hydrogen-bond donors (Lipinski definition) is 1. The fourth-order valence-corrected chi connectivity index (χ4v) is 1.98. The highest BCUT2D eigenvalue weighted by Crippen LogP contribution is 2.24. The van der Waals surface area contributed by atoms with Crippen molar-refractivity contribution in [3.8, 4) is 5.75 Å². The van der Waals surface area contributed by atoms with Crippen LogP contribution in [0.3, 0.4) is 0 Å². The van der Waals surface area contributed by atoms with Crippen LogP contribution in [0.2, 0.25) is 0 Å². The molecule has 0 saturated heterocycles. The number of aliphatic carboxylic acids is 1. The first-order valence-corrected chi connectivity index (χ1v) is 6.53. The van der Waals surface area contributed by atoms with Crippen LogP contribution in [0.25, 0.3) is 0 Å². The van der Waals surface area contributed by atoms with Gasteiger partial charge in [0.25, 0.3) is 0 Å². The van der Waals surface area contributed by atoms with Crippen LogP contribution >= 0.6 is 38.5 Å². The number of benzene rings is 1. The van der Waals surface area contributed by atoms with E-state index in [2.05, 4.69) is 38.5 Å². The second kappa shape index (κ2) is 6.32. The minimum Gasteiger partial charge on any atom is -0.492 e. The Balaban J connectivity index is 2.85. The van der Waals surface area contributed by atoms with Gasteiger partial charge in [0.15, 0.2) is 0 Å². The van der Waals surface area contributed by atoms with E-state index >= 15 is 0 Å². The highest BCUT2D eigenvalue weighted by molar-refractivity contribution is 14.1. The van der Waals surface area contributed by atoms with E-state index in [0.29, 0.717) is 6.61 Å². The molecule has 82 valence electrons. The third-order valence-electron chi connectivity index (χ3n) is 1.72. The molecule has 0 atom stereocenters. The highest BCUT2D eigenvalue weighted by atomic mass is 127. The SMILES string of the molecule is O=C(O)Cc1cccc(OCCBr)c1I. The van der Waals surface area contributed by atoms with Gasteiger partial charge in [-0.2, -0.15) is 0 Å². The third kappa shape index (κ3) is 3.98. The van der Waals surface area contributed by atoms with Crippen molar-refractivity contribution in [3.05, 3.63) is 27.3 Å². The van der Waals surface area contributed by atoms with Crippen LogP contribution in [-0.4, -0.2) is 23.0 Å². The van der Waals surface area contributed by atoms with Crippen molar-refractivity contribution in [1.82, 2.24) is 0 Å². The van der Waals surface area contributed by atoms with E-state index in [9.17, 15) is 4.79 Å². The summed E-state index contributed by atoms with van der Waals surface area (Å²) in [5.41, 5.74) is 0.787. The fourth-order valence-electron chi connectivity index (χ4n) is 1.12. The van der Waals surface area contributed by atoms with E-state index in [0.717, 1.165) is 20.2 Å². The first kappa shape index (κ1) is 12.8. The molecule has 0 spiro atoms. The van der Waals surface area contributed by atoms with E-state index in [1.165, 1.54) is 0 Å².